The van der Waals surface area contributed by atoms with Crippen LogP contribution in [0.1, 0.15) is 58.3 Å². The smallest absolute Gasteiger partial charge is 0.0321 e. The van der Waals surface area contributed by atoms with E-state index in [0.29, 0.717) is 0 Å². The Balaban J connectivity index is 1.69. The summed E-state index contributed by atoms with van der Waals surface area (Å²) in [6, 6.07) is 0. The van der Waals surface area contributed by atoms with Gasteiger partial charge in [0, 0.05) is 0 Å². The van der Waals surface area contributed by atoms with Crippen molar-refractivity contribution in [2.24, 2.45) is 41.4 Å². The zero-order valence-corrected chi connectivity index (χ0v) is 10.7. The van der Waals surface area contributed by atoms with Gasteiger partial charge >= 0.3 is 0 Å². The third-order valence-corrected chi connectivity index (χ3v) is 6.99. The molecule has 0 saturated heterocycles. The van der Waals surface area contributed by atoms with E-state index in [1.165, 1.54) is 24.2 Å². The fraction of sp³-hybridized carbons (Fsp3) is 1.00. The molecule has 5 unspecified atom stereocenters. The first-order valence-electron chi connectivity index (χ1n) is 7.88. The van der Waals surface area contributed by atoms with Gasteiger partial charge < -0.3 is 0 Å². The second-order valence-corrected chi connectivity index (χ2v) is 7.23. The lowest BCUT2D eigenvalue weighted by atomic mass is 9.43. The minimum absolute atomic E-state index is 1.12. The molecule has 6 rings (SSSR count). The van der Waals surface area contributed by atoms with E-state index in [9.17, 15) is 0 Å². The maximum absolute atomic E-state index is 2.45. The second-order valence-electron chi connectivity index (χ2n) is 7.23. The zero-order valence-electron chi connectivity index (χ0n) is 10.7. The van der Waals surface area contributed by atoms with E-state index in [0.717, 1.165) is 23.7 Å². The van der Waals surface area contributed by atoms with Crippen molar-refractivity contribution in [2.75, 3.05) is 0 Å². The Morgan fingerprint density at radius 2 is 1.38 bits per heavy atom. The molecule has 0 radical (unpaired) electrons. The Morgan fingerprint density at radius 3 is 2.06 bits per heavy atom. The summed E-state index contributed by atoms with van der Waals surface area (Å²) in [5.41, 5.74) is 0. The van der Waals surface area contributed by atoms with Crippen LogP contribution in [0.3, 0.4) is 0 Å². The fourth-order valence-electron chi connectivity index (χ4n) is 6.53. The quantitative estimate of drug-likeness (QED) is 0.608. The van der Waals surface area contributed by atoms with E-state index in [4.69, 9.17) is 0 Å². The van der Waals surface area contributed by atoms with Crippen LogP contribution in [-0.2, 0) is 0 Å². The highest BCUT2D eigenvalue weighted by atomic mass is 14.6. The van der Waals surface area contributed by atoms with Crippen LogP contribution >= 0.6 is 0 Å². The van der Waals surface area contributed by atoms with Crippen LogP contribution in [0.2, 0.25) is 0 Å². The van der Waals surface area contributed by atoms with E-state index in [1.807, 2.05) is 0 Å². The molecule has 5 atom stereocenters. The first-order chi connectivity index (χ1) is 7.88. The molecular weight excluding hydrogens is 192 g/mol. The van der Waals surface area contributed by atoms with Crippen molar-refractivity contribution < 1.29 is 0 Å². The standard InChI is InChI=1S/C16H26/c1-2-10-9-13-7-8-14(10)16-12-5-3-11(4-6-12)15(13)16/h10-16H,2-9H2,1H3. The summed E-state index contributed by atoms with van der Waals surface area (Å²) in [4.78, 5) is 0. The van der Waals surface area contributed by atoms with Crippen LogP contribution in [0.15, 0.2) is 0 Å². The highest BCUT2D eigenvalue weighted by Gasteiger charge is 2.56. The van der Waals surface area contributed by atoms with E-state index in [1.54, 1.807) is 44.9 Å². The van der Waals surface area contributed by atoms with Crippen LogP contribution in [0, 0.1) is 41.4 Å². The predicted molar refractivity (Wildman–Crippen MR) is 67.0 cm³/mol. The lowest BCUT2D eigenvalue weighted by molar-refractivity contribution is -0.131. The summed E-state index contributed by atoms with van der Waals surface area (Å²) in [6.07, 6.45) is 12.7. The van der Waals surface area contributed by atoms with Gasteiger partial charge in [-0.15, -0.1) is 0 Å². The van der Waals surface area contributed by atoms with Gasteiger partial charge in [0.1, 0.15) is 0 Å². The number of fused-ring (bicyclic) bond motifs is 4. The van der Waals surface area contributed by atoms with Crippen LogP contribution in [0.4, 0.5) is 0 Å². The molecule has 0 amide bonds. The number of rotatable bonds is 1. The maximum atomic E-state index is 2.45. The third kappa shape index (κ3) is 1.17. The predicted octanol–water partition coefficient (Wildman–Crippen LogP) is 4.49. The minimum atomic E-state index is 1.12. The minimum Gasteiger partial charge on any atom is -0.0651 e. The van der Waals surface area contributed by atoms with Gasteiger partial charge in [-0.3, -0.25) is 0 Å². The molecule has 0 heterocycles. The summed E-state index contributed by atoms with van der Waals surface area (Å²) in [5.74, 6) is 8.18. The summed E-state index contributed by atoms with van der Waals surface area (Å²) >= 11 is 0. The summed E-state index contributed by atoms with van der Waals surface area (Å²) in [5, 5.41) is 0. The van der Waals surface area contributed by atoms with Crippen LogP contribution in [0.25, 0.3) is 0 Å². The maximum Gasteiger partial charge on any atom is -0.0321 e. The summed E-state index contributed by atoms with van der Waals surface area (Å²) in [6.45, 7) is 2.45. The SMILES string of the molecule is CCC1CC2CCC1C1C3CCC(CC3)C21. The van der Waals surface area contributed by atoms with Crippen molar-refractivity contribution in [1.29, 1.82) is 0 Å². The first kappa shape index (κ1) is 9.97. The molecule has 0 aliphatic heterocycles. The molecule has 6 aliphatic rings. The monoisotopic (exact) mass is 218 g/mol. The average molecular weight is 218 g/mol. The van der Waals surface area contributed by atoms with Crippen molar-refractivity contribution in [1.82, 2.24) is 0 Å². The Hall–Kier alpha value is 0. The summed E-state index contributed by atoms with van der Waals surface area (Å²) < 4.78 is 0. The van der Waals surface area contributed by atoms with Gasteiger partial charge in [0.25, 0.3) is 0 Å². The topological polar surface area (TPSA) is 0 Å². The van der Waals surface area contributed by atoms with Crippen molar-refractivity contribution in [3.63, 3.8) is 0 Å². The van der Waals surface area contributed by atoms with Crippen molar-refractivity contribution in [3.05, 3.63) is 0 Å². The average Bonchev–Trinajstić information content (AvgIpc) is 2.40. The van der Waals surface area contributed by atoms with Crippen molar-refractivity contribution >= 4 is 0 Å². The van der Waals surface area contributed by atoms with Gasteiger partial charge in [0.2, 0.25) is 0 Å². The molecule has 0 N–H and O–H groups in total. The van der Waals surface area contributed by atoms with Crippen molar-refractivity contribution in [3.8, 4) is 0 Å². The van der Waals surface area contributed by atoms with Crippen LogP contribution in [-0.4, -0.2) is 0 Å². The zero-order chi connectivity index (χ0) is 10.7. The molecule has 6 saturated carbocycles. The normalized spacial score (nSPS) is 58.7. The van der Waals surface area contributed by atoms with Gasteiger partial charge in [-0.05, 0) is 86.4 Å². The van der Waals surface area contributed by atoms with E-state index >= 15 is 0 Å². The highest BCUT2D eigenvalue weighted by Crippen LogP contribution is 2.64. The van der Waals surface area contributed by atoms with Gasteiger partial charge in [0.15, 0.2) is 0 Å². The molecule has 0 aromatic rings. The van der Waals surface area contributed by atoms with Crippen LogP contribution < -0.4 is 0 Å². The van der Waals surface area contributed by atoms with Gasteiger partial charge in [-0.1, -0.05) is 13.3 Å². The first-order valence-corrected chi connectivity index (χ1v) is 7.88. The van der Waals surface area contributed by atoms with Crippen molar-refractivity contribution in [2.45, 2.75) is 58.3 Å². The molecule has 0 aromatic carbocycles. The Kier molecular flexibility index (Phi) is 2.18. The molecule has 6 aliphatic carbocycles. The molecule has 16 heavy (non-hydrogen) atoms. The lowest BCUT2D eigenvalue weighted by Crippen LogP contribution is -2.55. The van der Waals surface area contributed by atoms with Gasteiger partial charge in [-0.25, -0.2) is 0 Å². The third-order valence-electron chi connectivity index (χ3n) is 6.99. The van der Waals surface area contributed by atoms with Gasteiger partial charge in [-0.2, -0.15) is 0 Å². The lowest BCUT2D eigenvalue weighted by Gasteiger charge is -2.62. The molecule has 0 heteroatoms. The van der Waals surface area contributed by atoms with E-state index in [2.05, 4.69) is 6.92 Å². The Morgan fingerprint density at radius 1 is 0.750 bits per heavy atom. The fourth-order valence-corrected chi connectivity index (χ4v) is 6.53. The van der Waals surface area contributed by atoms with Crippen LogP contribution in [0.5, 0.6) is 0 Å². The molecule has 6 fully saturated rings. The molecule has 0 aromatic heterocycles. The molecule has 0 nitrogen and oxygen atoms in total. The molecule has 4 bridgehead atoms. The van der Waals surface area contributed by atoms with Gasteiger partial charge in [0.05, 0.1) is 0 Å². The van der Waals surface area contributed by atoms with E-state index in [-0.39, 0.29) is 0 Å². The number of hydrogen-bond donors (Lipinski definition) is 0. The molecule has 0 spiro atoms. The Bertz CT molecular complexity index is 274. The Labute approximate surface area is 100 Å². The number of hydrogen-bond acceptors (Lipinski definition) is 0. The second kappa shape index (κ2) is 3.50. The highest BCUT2D eigenvalue weighted by molar-refractivity contribution is 5.05. The molecular formula is C16H26. The summed E-state index contributed by atoms with van der Waals surface area (Å²) in [7, 11) is 0. The largest absolute Gasteiger partial charge is 0.0651 e. The molecule has 90 valence electrons. The van der Waals surface area contributed by atoms with E-state index < -0.39 is 0 Å².